The average molecular weight is 189 g/mol. The summed E-state index contributed by atoms with van der Waals surface area (Å²) in [5, 5.41) is 0. The fourth-order valence-corrected chi connectivity index (χ4v) is 2.00. The lowest BCUT2D eigenvalue weighted by Gasteiger charge is -2.12. The van der Waals surface area contributed by atoms with Crippen LogP contribution in [0.1, 0.15) is 47.8 Å². The summed E-state index contributed by atoms with van der Waals surface area (Å²) >= 11 is 0. The smallest absolute Gasteiger partial charge is 0.165 e. The number of Topliss-reactive ketones (excluding diaryl/α,β-unsaturated/α-hetero) is 1. The Morgan fingerprint density at radius 3 is 3.07 bits per heavy atom. The first-order chi connectivity index (χ1) is 6.74. The minimum Gasteiger partial charge on any atom is -0.364 e. The van der Waals surface area contributed by atoms with E-state index in [4.69, 9.17) is 0 Å². The van der Waals surface area contributed by atoms with Crippen molar-refractivity contribution in [2.45, 2.75) is 32.6 Å². The summed E-state index contributed by atoms with van der Waals surface area (Å²) in [5.74, 6) is 0.275. The van der Waals surface area contributed by atoms with Gasteiger partial charge in [-0.25, -0.2) is 0 Å². The van der Waals surface area contributed by atoms with Crippen LogP contribution in [0.25, 0.3) is 5.57 Å². The van der Waals surface area contributed by atoms with Crippen LogP contribution in [0.3, 0.4) is 0 Å². The summed E-state index contributed by atoms with van der Waals surface area (Å²) in [6, 6.07) is 0. The number of fused-ring (bicyclic) bond motifs is 1. The summed E-state index contributed by atoms with van der Waals surface area (Å²) in [4.78, 5) is 14.9. The number of H-pyrrole nitrogens is 1. The molecule has 0 radical (unpaired) electrons. The molecule has 1 aliphatic rings. The van der Waals surface area contributed by atoms with E-state index in [0.29, 0.717) is 6.42 Å². The fraction of sp³-hybridized carbons (Fsp3) is 0.417. The van der Waals surface area contributed by atoms with E-state index >= 15 is 0 Å². The molecule has 2 nitrogen and oxygen atoms in total. The van der Waals surface area contributed by atoms with Crippen LogP contribution in [0, 0.1) is 0 Å². The molecule has 2 rings (SSSR count). The van der Waals surface area contributed by atoms with Gasteiger partial charge in [0, 0.05) is 29.4 Å². The molecule has 0 atom stereocenters. The van der Waals surface area contributed by atoms with Gasteiger partial charge < -0.3 is 4.98 Å². The second kappa shape index (κ2) is 3.45. The minimum absolute atomic E-state index is 0.275. The van der Waals surface area contributed by atoms with Crippen molar-refractivity contribution in [3.05, 3.63) is 29.6 Å². The molecule has 0 spiro atoms. The Bertz CT molecular complexity index is 387. The highest BCUT2D eigenvalue weighted by atomic mass is 16.1. The molecule has 0 saturated heterocycles. The Labute approximate surface area is 84.0 Å². The summed E-state index contributed by atoms with van der Waals surface area (Å²) in [6.45, 7) is 6.05. The third-order valence-corrected chi connectivity index (χ3v) is 2.88. The lowest BCUT2D eigenvalue weighted by molar-refractivity contribution is 0.0972. The number of hydrogen-bond acceptors (Lipinski definition) is 1. The Hall–Kier alpha value is -1.31. The van der Waals surface area contributed by atoms with Crippen molar-refractivity contribution in [2.24, 2.45) is 0 Å². The summed E-state index contributed by atoms with van der Waals surface area (Å²) in [5.41, 5.74) is 4.10. The molecule has 0 amide bonds. The molecule has 0 saturated carbocycles. The van der Waals surface area contributed by atoms with Gasteiger partial charge in [0.05, 0.1) is 0 Å². The van der Waals surface area contributed by atoms with Crippen molar-refractivity contribution in [3.63, 3.8) is 0 Å². The quantitative estimate of drug-likeness (QED) is 0.762. The number of ketones is 1. The normalized spacial score (nSPS) is 15.4. The molecule has 0 unspecified atom stereocenters. The Kier molecular flexibility index (Phi) is 2.28. The highest BCUT2D eigenvalue weighted by Gasteiger charge is 2.22. The van der Waals surface area contributed by atoms with Crippen LogP contribution in [-0.2, 0) is 6.42 Å². The molecule has 1 aromatic rings. The van der Waals surface area contributed by atoms with Gasteiger partial charge in [-0.1, -0.05) is 13.5 Å². The molecule has 0 bridgehead atoms. The molecule has 74 valence electrons. The Morgan fingerprint density at radius 1 is 1.57 bits per heavy atom. The van der Waals surface area contributed by atoms with E-state index in [1.54, 1.807) is 0 Å². The fourth-order valence-electron chi connectivity index (χ4n) is 2.00. The maximum atomic E-state index is 11.7. The van der Waals surface area contributed by atoms with Gasteiger partial charge in [0.2, 0.25) is 0 Å². The predicted molar refractivity (Wildman–Crippen MR) is 57.4 cm³/mol. The zero-order valence-corrected chi connectivity index (χ0v) is 8.52. The number of carbonyl (C=O) groups is 1. The SMILES string of the molecule is C=C(CC)c1c[nH]c2c1C(=O)CCC2. The van der Waals surface area contributed by atoms with Crippen molar-refractivity contribution >= 4 is 11.4 Å². The zero-order chi connectivity index (χ0) is 10.1. The first-order valence-electron chi connectivity index (χ1n) is 5.15. The first kappa shape index (κ1) is 9.25. The van der Waals surface area contributed by atoms with Crippen molar-refractivity contribution < 1.29 is 4.79 Å². The van der Waals surface area contributed by atoms with Gasteiger partial charge >= 0.3 is 0 Å². The molecular formula is C12H15NO. The molecule has 1 heterocycles. The highest BCUT2D eigenvalue weighted by Crippen LogP contribution is 2.28. The van der Waals surface area contributed by atoms with Crippen molar-refractivity contribution in [2.75, 3.05) is 0 Å². The zero-order valence-electron chi connectivity index (χ0n) is 8.52. The van der Waals surface area contributed by atoms with Crippen LogP contribution in [-0.4, -0.2) is 10.8 Å². The highest BCUT2D eigenvalue weighted by molar-refractivity contribution is 6.02. The molecule has 0 aromatic carbocycles. The standard InChI is InChI=1S/C12H15NO/c1-3-8(2)9-7-13-10-5-4-6-11(14)12(9)10/h7,13H,2-6H2,1H3. The number of allylic oxidation sites excluding steroid dienone is 1. The van der Waals surface area contributed by atoms with E-state index in [1.807, 2.05) is 6.20 Å². The van der Waals surface area contributed by atoms with Crippen LogP contribution < -0.4 is 0 Å². The molecule has 0 aliphatic heterocycles. The van der Waals surface area contributed by atoms with Crippen LogP contribution in [0.15, 0.2) is 12.8 Å². The molecule has 1 aromatic heterocycles. The van der Waals surface area contributed by atoms with Crippen molar-refractivity contribution in [1.82, 2.24) is 4.98 Å². The van der Waals surface area contributed by atoms with E-state index in [9.17, 15) is 4.79 Å². The predicted octanol–water partition coefficient (Wildman–Crippen LogP) is 2.96. The third-order valence-electron chi connectivity index (χ3n) is 2.88. The van der Waals surface area contributed by atoms with Crippen molar-refractivity contribution in [1.29, 1.82) is 0 Å². The molecule has 14 heavy (non-hydrogen) atoms. The summed E-state index contributed by atoms with van der Waals surface area (Å²) in [6.07, 6.45) is 5.49. The van der Waals surface area contributed by atoms with E-state index in [-0.39, 0.29) is 5.78 Å². The number of aryl methyl sites for hydroxylation is 1. The number of nitrogens with one attached hydrogen (secondary N) is 1. The summed E-state index contributed by atoms with van der Waals surface area (Å²) < 4.78 is 0. The van der Waals surface area contributed by atoms with E-state index in [2.05, 4.69) is 18.5 Å². The number of hydrogen-bond donors (Lipinski definition) is 1. The van der Waals surface area contributed by atoms with Crippen LogP contribution in [0.4, 0.5) is 0 Å². The Balaban J connectivity index is 2.48. The minimum atomic E-state index is 0.275. The average Bonchev–Trinajstić information content (AvgIpc) is 2.62. The second-order valence-corrected chi connectivity index (χ2v) is 3.79. The van der Waals surface area contributed by atoms with Gasteiger partial charge in [-0.2, -0.15) is 0 Å². The molecule has 2 heteroatoms. The second-order valence-electron chi connectivity index (χ2n) is 3.79. The molecule has 0 fully saturated rings. The van der Waals surface area contributed by atoms with Gasteiger partial charge in [-0.3, -0.25) is 4.79 Å². The number of carbonyl (C=O) groups excluding carboxylic acids is 1. The number of aromatic nitrogens is 1. The molecule has 1 N–H and O–H groups in total. The monoisotopic (exact) mass is 189 g/mol. The van der Waals surface area contributed by atoms with Gasteiger partial charge in [-0.15, -0.1) is 0 Å². The third kappa shape index (κ3) is 1.31. The maximum absolute atomic E-state index is 11.7. The van der Waals surface area contributed by atoms with Crippen molar-refractivity contribution in [3.8, 4) is 0 Å². The summed E-state index contributed by atoms with van der Waals surface area (Å²) in [7, 11) is 0. The number of aromatic amines is 1. The largest absolute Gasteiger partial charge is 0.364 e. The maximum Gasteiger partial charge on any atom is 0.165 e. The van der Waals surface area contributed by atoms with Crippen LogP contribution in [0.5, 0.6) is 0 Å². The Morgan fingerprint density at radius 2 is 2.36 bits per heavy atom. The number of rotatable bonds is 2. The van der Waals surface area contributed by atoms with Crippen LogP contribution >= 0.6 is 0 Å². The van der Waals surface area contributed by atoms with Crippen LogP contribution in [0.2, 0.25) is 0 Å². The van der Waals surface area contributed by atoms with Gasteiger partial charge in [0.25, 0.3) is 0 Å². The van der Waals surface area contributed by atoms with Gasteiger partial charge in [0.1, 0.15) is 0 Å². The van der Waals surface area contributed by atoms with E-state index in [1.165, 1.54) is 0 Å². The lowest BCUT2D eigenvalue weighted by atomic mass is 9.91. The van der Waals surface area contributed by atoms with Gasteiger partial charge in [0.15, 0.2) is 5.78 Å². The van der Waals surface area contributed by atoms with Gasteiger partial charge in [-0.05, 0) is 24.8 Å². The molecular weight excluding hydrogens is 174 g/mol. The lowest BCUT2D eigenvalue weighted by Crippen LogP contribution is -2.10. The van der Waals surface area contributed by atoms with E-state index < -0.39 is 0 Å². The first-order valence-corrected chi connectivity index (χ1v) is 5.15. The topological polar surface area (TPSA) is 32.9 Å². The molecule has 1 aliphatic carbocycles. The van der Waals surface area contributed by atoms with E-state index in [0.717, 1.165) is 41.7 Å².